The highest BCUT2D eigenvalue weighted by Gasteiger charge is 2.50. The van der Waals surface area contributed by atoms with Crippen molar-refractivity contribution < 1.29 is 18.9 Å². The number of urea groups is 1. The van der Waals surface area contributed by atoms with Gasteiger partial charge in [-0.25, -0.2) is 9.78 Å². The van der Waals surface area contributed by atoms with Gasteiger partial charge in [-0.1, -0.05) is 36.7 Å². The third-order valence-electron chi connectivity index (χ3n) is 6.96. The number of halogens is 1. The van der Waals surface area contributed by atoms with Gasteiger partial charge in [0.15, 0.2) is 11.4 Å². The summed E-state index contributed by atoms with van der Waals surface area (Å²) in [6.07, 6.45) is 2.52. The summed E-state index contributed by atoms with van der Waals surface area (Å²) in [5.74, 6) is 0.740. The molecule has 3 aliphatic rings. The molecule has 2 atom stereocenters. The number of pyridine rings is 1. The maximum Gasteiger partial charge on any atom is 0.329 e. The first-order valence-electron chi connectivity index (χ1n) is 11.2. The Bertz CT molecular complexity index is 1380. The fourth-order valence-electron chi connectivity index (χ4n) is 5.05. The topological polar surface area (TPSA) is 109 Å². The normalized spacial score (nSPS) is 23.3. The van der Waals surface area contributed by atoms with E-state index in [9.17, 15) is 14.4 Å². The lowest BCUT2D eigenvalue weighted by Gasteiger charge is -2.24. The van der Waals surface area contributed by atoms with Gasteiger partial charge in [-0.05, 0) is 36.1 Å². The molecule has 1 saturated carbocycles. The number of carbonyl (C=O) groups excluding carboxylic acids is 3. The Hall–Kier alpha value is -3.46. The van der Waals surface area contributed by atoms with Gasteiger partial charge < -0.3 is 4.52 Å². The van der Waals surface area contributed by atoms with E-state index < -0.39 is 6.03 Å². The SMILES string of the molecule is CC1(C)CN(C(=O)[C@@H]2C[C@H]2c2ccc3onc(N4CCC(=O)NC4=O)c3c2)c2ncc(Cl)cc21. The number of imide groups is 1. The van der Waals surface area contributed by atoms with E-state index in [0.29, 0.717) is 34.2 Å². The van der Waals surface area contributed by atoms with E-state index in [2.05, 4.69) is 29.3 Å². The number of nitrogens with zero attached hydrogens (tertiary/aromatic N) is 4. The fraction of sp³-hybridized carbons (Fsp3) is 0.375. The molecule has 34 heavy (non-hydrogen) atoms. The molecule has 4 amide bonds. The highest BCUT2D eigenvalue weighted by Crippen LogP contribution is 2.51. The summed E-state index contributed by atoms with van der Waals surface area (Å²) in [4.78, 5) is 44.9. The number of anilines is 2. The highest BCUT2D eigenvalue weighted by molar-refractivity contribution is 6.30. The van der Waals surface area contributed by atoms with Crippen LogP contribution in [-0.4, -0.2) is 41.1 Å². The van der Waals surface area contributed by atoms with E-state index in [4.69, 9.17) is 16.1 Å². The predicted octanol–water partition coefficient (Wildman–Crippen LogP) is 3.75. The third kappa shape index (κ3) is 3.26. The second kappa shape index (κ2) is 7.27. The van der Waals surface area contributed by atoms with Crippen molar-refractivity contribution in [1.29, 1.82) is 0 Å². The number of carbonyl (C=O) groups is 3. The minimum atomic E-state index is -0.515. The van der Waals surface area contributed by atoms with Crippen LogP contribution in [0.5, 0.6) is 0 Å². The van der Waals surface area contributed by atoms with Gasteiger partial charge in [-0.2, -0.15) is 0 Å². The number of nitrogens with one attached hydrogen (secondary N) is 1. The van der Waals surface area contributed by atoms with Crippen LogP contribution in [-0.2, 0) is 15.0 Å². The van der Waals surface area contributed by atoms with Gasteiger partial charge in [0.2, 0.25) is 11.8 Å². The largest absolute Gasteiger partial charge is 0.354 e. The highest BCUT2D eigenvalue weighted by atomic mass is 35.5. The summed E-state index contributed by atoms with van der Waals surface area (Å²) in [5.41, 5.74) is 2.30. The summed E-state index contributed by atoms with van der Waals surface area (Å²) < 4.78 is 5.41. The Morgan fingerprint density at radius 2 is 2.06 bits per heavy atom. The Morgan fingerprint density at radius 3 is 2.85 bits per heavy atom. The van der Waals surface area contributed by atoms with Crippen LogP contribution in [0.4, 0.5) is 16.4 Å². The van der Waals surface area contributed by atoms with Crippen molar-refractivity contribution >= 4 is 52.1 Å². The van der Waals surface area contributed by atoms with Gasteiger partial charge in [-0.15, -0.1) is 0 Å². The van der Waals surface area contributed by atoms with Crippen molar-refractivity contribution in [3.8, 4) is 0 Å². The van der Waals surface area contributed by atoms with Gasteiger partial charge >= 0.3 is 6.03 Å². The van der Waals surface area contributed by atoms with Crippen molar-refractivity contribution in [2.24, 2.45) is 5.92 Å². The van der Waals surface area contributed by atoms with Crippen LogP contribution in [0, 0.1) is 5.92 Å². The molecule has 0 bridgehead atoms. The summed E-state index contributed by atoms with van der Waals surface area (Å²) in [7, 11) is 0. The molecule has 2 fully saturated rings. The van der Waals surface area contributed by atoms with Crippen LogP contribution < -0.4 is 15.1 Å². The first-order chi connectivity index (χ1) is 16.2. The Morgan fingerprint density at radius 1 is 1.24 bits per heavy atom. The summed E-state index contributed by atoms with van der Waals surface area (Å²) >= 11 is 6.16. The average Bonchev–Trinajstić information content (AvgIpc) is 3.42. The fourth-order valence-corrected chi connectivity index (χ4v) is 5.21. The van der Waals surface area contributed by atoms with Crippen molar-refractivity contribution in [2.75, 3.05) is 22.9 Å². The molecule has 1 N–H and O–H groups in total. The van der Waals surface area contributed by atoms with E-state index >= 15 is 0 Å². The van der Waals surface area contributed by atoms with Crippen molar-refractivity contribution in [1.82, 2.24) is 15.5 Å². The molecule has 174 valence electrons. The van der Waals surface area contributed by atoms with E-state index in [-0.39, 0.29) is 42.0 Å². The molecule has 2 aromatic heterocycles. The minimum Gasteiger partial charge on any atom is -0.354 e. The van der Waals surface area contributed by atoms with Gasteiger partial charge in [0.1, 0.15) is 5.82 Å². The van der Waals surface area contributed by atoms with Gasteiger partial charge in [-0.3, -0.25) is 24.7 Å². The first-order valence-corrected chi connectivity index (χ1v) is 11.6. The van der Waals surface area contributed by atoms with Crippen LogP contribution in [0.15, 0.2) is 35.0 Å². The van der Waals surface area contributed by atoms with Crippen LogP contribution in [0.25, 0.3) is 11.0 Å². The smallest absolute Gasteiger partial charge is 0.329 e. The van der Waals surface area contributed by atoms with Gasteiger partial charge in [0.25, 0.3) is 0 Å². The Balaban J connectivity index is 1.26. The summed E-state index contributed by atoms with van der Waals surface area (Å²) in [6, 6.07) is 7.07. The standard InChI is InChI=1S/C24H22ClN5O4/c1-24(2)11-30(21-17(24)8-13(25)10-26-21)22(32)15-9-14(15)12-3-4-18-16(7-12)20(28-34-18)29-6-5-19(31)27-23(29)33/h3-4,7-8,10,14-15H,5-6,9,11H2,1-2H3,(H,27,31,33)/t14-,15+/m0/s1. The molecule has 0 unspecified atom stereocenters. The molecule has 1 aliphatic carbocycles. The molecule has 6 rings (SSSR count). The van der Waals surface area contributed by atoms with Crippen molar-refractivity contribution in [3.05, 3.63) is 46.6 Å². The number of hydrogen-bond acceptors (Lipinski definition) is 6. The van der Waals surface area contributed by atoms with E-state index in [0.717, 1.165) is 17.5 Å². The number of fused-ring (bicyclic) bond motifs is 2. The molecule has 10 heteroatoms. The monoisotopic (exact) mass is 479 g/mol. The molecule has 3 aromatic rings. The Labute approximate surface area is 200 Å². The zero-order valence-corrected chi connectivity index (χ0v) is 19.4. The van der Waals surface area contributed by atoms with Gasteiger partial charge in [0.05, 0.1) is 10.4 Å². The quantitative estimate of drug-likeness (QED) is 0.612. The predicted molar refractivity (Wildman–Crippen MR) is 125 cm³/mol. The zero-order valence-electron chi connectivity index (χ0n) is 18.7. The molecule has 9 nitrogen and oxygen atoms in total. The summed E-state index contributed by atoms with van der Waals surface area (Å²) in [6.45, 7) is 4.98. The number of rotatable bonds is 3. The van der Waals surface area contributed by atoms with E-state index in [1.54, 1.807) is 11.1 Å². The summed E-state index contributed by atoms with van der Waals surface area (Å²) in [5, 5.41) is 7.62. The van der Waals surface area contributed by atoms with Crippen molar-refractivity contribution in [2.45, 2.75) is 38.0 Å². The van der Waals surface area contributed by atoms with Crippen LogP contribution in [0.2, 0.25) is 5.02 Å². The molecule has 1 aromatic carbocycles. The number of amides is 4. The second-order valence-electron chi connectivity index (χ2n) is 9.80. The third-order valence-corrected chi connectivity index (χ3v) is 7.16. The average molecular weight is 480 g/mol. The van der Waals surface area contributed by atoms with Gasteiger partial charge in [0, 0.05) is 42.6 Å². The van der Waals surface area contributed by atoms with Crippen LogP contribution in [0.3, 0.4) is 0 Å². The second-order valence-corrected chi connectivity index (χ2v) is 10.2. The molecule has 0 radical (unpaired) electrons. The molecular weight excluding hydrogens is 458 g/mol. The molecule has 2 aliphatic heterocycles. The number of benzene rings is 1. The van der Waals surface area contributed by atoms with Crippen LogP contribution >= 0.6 is 11.6 Å². The van der Waals surface area contributed by atoms with E-state index in [1.807, 2.05) is 24.3 Å². The molecular formula is C24H22ClN5O4. The maximum absolute atomic E-state index is 13.5. The number of aromatic nitrogens is 2. The van der Waals surface area contributed by atoms with E-state index in [1.165, 1.54) is 4.90 Å². The first kappa shape index (κ1) is 21.1. The molecule has 0 spiro atoms. The minimum absolute atomic E-state index is 0.0613. The molecule has 1 saturated heterocycles. The Kier molecular flexibility index (Phi) is 4.51. The maximum atomic E-state index is 13.5. The van der Waals surface area contributed by atoms with Crippen LogP contribution in [0.1, 0.15) is 43.7 Å². The lowest BCUT2D eigenvalue weighted by Crippen LogP contribution is -2.49. The molecule has 4 heterocycles. The number of hydrogen-bond donors (Lipinski definition) is 1. The lowest BCUT2D eigenvalue weighted by molar-refractivity contribution is -0.120. The lowest BCUT2D eigenvalue weighted by atomic mass is 9.88. The zero-order chi connectivity index (χ0) is 23.8. The van der Waals surface area contributed by atoms with Crippen molar-refractivity contribution in [3.63, 3.8) is 0 Å².